The molecule has 2 aromatic rings. The molecule has 0 aromatic heterocycles. The van der Waals surface area contributed by atoms with Crippen LogP contribution in [0.5, 0.6) is 0 Å². The molecule has 0 aliphatic rings. The molecule has 0 aliphatic carbocycles. The second-order valence-electron chi connectivity index (χ2n) is 3.77. The molecule has 0 aliphatic heterocycles. The van der Waals surface area contributed by atoms with Crippen molar-refractivity contribution in [1.29, 1.82) is 0 Å². The molecule has 0 amide bonds. The van der Waals surface area contributed by atoms with Crippen LogP contribution in [-0.4, -0.2) is 5.11 Å². The van der Waals surface area contributed by atoms with Crippen molar-refractivity contribution in [3.05, 3.63) is 58.6 Å². The number of hydrogen-bond donors (Lipinski definition) is 1. The maximum Gasteiger partial charge on any atom is 0.0767 e. The van der Waals surface area contributed by atoms with Gasteiger partial charge in [-0.1, -0.05) is 52.3 Å². The Bertz CT molecular complexity index is 474. The molecule has 0 fully saturated rings. The van der Waals surface area contributed by atoms with Crippen molar-refractivity contribution >= 4 is 15.9 Å². The van der Waals surface area contributed by atoms with E-state index in [0.717, 1.165) is 21.2 Å². The van der Waals surface area contributed by atoms with Crippen molar-refractivity contribution in [3.63, 3.8) is 0 Å². The van der Waals surface area contributed by atoms with E-state index in [9.17, 15) is 5.11 Å². The standard InChI is InChI=1S/C14H13BrO/c1-10(16)13-4-2-3-5-14(13)11-6-8-12(15)9-7-11/h2-10,16H,1H3. The SMILES string of the molecule is CC(O)c1ccccc1-c1ccc(Br)cc1. The van der Waals surface area contributed by atoms with E-state index in [0.29, 0.717) is 0 Å². The number of benzene rings is 2. The zero-order chi connectivity index (χ0) is 11.5. The predicted octanol–water partition coefficient (Wildman–Crippen LogP) is 4.17. The van der Waals surface area contributed by atoms with Gasteiger partial charge in [0.15, 0.2) is 0 Å². The Morgan fingerprint density at radius 3 is 2.25 bits per heavy atom. The van der Waals surface area contributed by atoms with Crippen LogP contribution in [0.1, 0.15) is 18.6 Å². The van der Waals surface area contributed by atoms with Crippen LogP contribution in [0.4, 0.5) is 0 Å². The Hall–Kier alpha value is -1.12. The molecule has 0 saturated carbocycles. The Labute approximate surface area is 104 Å². The maximum atomic E-state index is 9.71. The van der Waals surface area contributed by atoms with Crippen molar-refractivity contribution in [1.82, 2.24) is 0 Å². The molecule has 1 unspecified atom stereocenters. The van der Waals surface area contributed by atoms with E-state index in [-0.39, 0.29) is 0 Å². The molecule has 16 heavy (non-hydrogen) atoms. The first-order valence-electron chi connectivity index (χ1n) is 5.21. The summed E-state index contributed by atoms with van der Waals surface area (Å²) in [5.41, 5.74) is 3.18. The molecule has 82 valence electrons. The highest BCUT2D eigenvalue weighted by Crippen LogP contribution is 2.28. The van der Waals surface area contributed by atoms with Crippen LogP contribution in [0.3, 0.4) is 0 Å². The van der Waals surface area contributed by atoms with E-state index in [1.807, 2.05) is 48.5 Å². The summed E-state index contributed by atoms with van der Waals surface area (Å²) in [5, 5.41) is 9.71. The van der Waals surface area contributed by atoms with Gasteiger partial charge >= 0.3 is 0 Å². The smallest absolute Gasteiger partial charge is 0.0767 e. The van der Waals surface area contributed by atoms with Crippen molar-refractivity contribution in [2.75, 3.05) is 0 Å². The van der Waals surface area contributed by atoms with Crippen LogP contribution >= 0.6 is 15.9 Å². The van der Waals surface area contributed by atoms with Gasteiger partial charge in [-0.25, -0.2) is 0 Å². The van der Waals surface area contributed by atoms with Crippen molar-refractivity contribution in [3.8, 4) is 11.1 Å². The van der Waals surface area contributed by atoms with E-state index >= 15 is 0 Å². The van der Waals surface area contributed by atoms with Gasteiger partial charge in [-0.2, -0.15) is 0 Å². The molecule has 1 nitrogen and oxygen atoms in total. The van der Waals surface area contributed by atoms with Gasteiger partial charge in [-0.3, -0.25) is 0 Å². The molecule has 2 rings (SSSR count). The summed E-state index contributed by atoms with van der Waals surface area (Å²) in [6, 6.07) is 16.0. The minimum atomic E-state index is -0.445. The topological polar surface area (TPSA) is 20.2 Å². The van der Waals surface area contributed by atoms with Gasteiger partial charge in [-0.05, 0) is 35.7 Å². The molecule has 0 spiro atoms. The van der Waals surface area contributed by atoms with E-state index in [1.165, 1.54) is 0 Å². The van der Waals surface area contributed by atoms with E-state index < -0.39 is 6.10 Å². The predicted molar refractivity (Wildman–Crippen MR) is 70.2 cm³/mol. The fraction of sp³-hybridized carbons (Fsp3) is 0.143. The number of rotatable bonds is 2. The number of aliphatic hydroxyl groups is 1. The van der Waals surface area contributed by atoms with Gasteiger partial charge in [0.25, 0.3) is 0 Å². The zero-order valence-corrected chi connectivity index (χ0v) is 10.6. The summed E-state index contributed by atoms with van der Waals surface area (Å²) in [5.74, 6) is 0. The molecule has 2 aromatic carbocycles. The summed E-state index contributed by atoms with van der Waals surface area (Å²) in [6.45, 7) is 1.79. The van der Waals surface area contributed by atoms with Crippen molar-refractivity contribution in [2.24, 2.45) is 0 Å². The average Bonchev–Trinajstić information content (AvgIpc) is 2.30. The minimum Gasteiger partial charge on any atom is -0.389 e. The van der Waals surface area contributed by atoms with Crippen molar-refractivity contribution in [2.45, 2.75) is 13.0 Å². The summed E-state index contributed by atoms with van der Waals surface area (Å²) < 4.78 is 1.06. The summed E-state index contributed by atoms with van der Waals surface area (Å²) >= 11 is 3.42. The minimum absolute atomic E-state index is 0.445. The van der Waals surface area contributed by atoms with E-state index in [1.54, 1.807) is 6.92 Å². The van der Waals surface area contributed by atoms with Crippen LogP contribution in [0, 0.1) is 0 Å². The first-order valence-corrected chi connectivity index (χ1v) is 6.00. The number of hydrogen-bond acceptors (Lipinski definition) is 1. The summed E-state index contributed by atoms with van der Waals surface area (Å²) in [4.78, 5) is 0. The molecule has 0 bridgehead atoms. The van der Waals surface area contributed by atoms with Gasteiger partial charge in [0.2, 0.25) is 0 Å². The van der Waals surface area contributed by atoms with Gasteiger partial charge < -0.3 is 5.11 Å². The molecule has 1 atom stereocenters. The third-order valence-corrected chi connectivity index (χ3v) is 3.09. The highest BCUT2D eigenvalue weighted by atomic mass is 79.9. The second-order valence-corrected chi connectivity index (χ2v) is 4.69. The lowest BCUT2D eigenvalue weighted by molar-refractivity contribution is 0.200. The van der Waals surface area contributed by atoms with Crippen LogP contribution in [0.2, 0.25) is 0 Å². The first kappa shape index (κ1) is 11.4. The summed E-state index contributed by atoms with van der Waals surface area (Å²) in [6.07, 6.45) is -0.445. The monoisotopic (exact) mass is 276 g/mol. The molecular weight excluding hydrogens is 264 g/mol. The highest BCUT2D eigenvalue weighted by molar-refractivity contribution is 9.10. The van der Waals surface area contributed by atoms with Gasteiger partial charge in [0, 0.05) is 4.47 Å². The van der Waals surface area contributed by atoms with Gasteiger partial charge in [-0.15, -0.1) is 0 Å². The third kappa shape index (κ3) is 2.34. The molecule has 0 radical (unpaired) electrons. The molecule has 2 heteroatoms. The zero-order valence-electron chi connectivity index (χ0n) is 9.02. The Kier molecular flexibility index (Phi) is 3.42. The van der Waals surface area contributed by atoms with Crippen LogP contribution < -0.4 is 0 Å². The Morgan fingerprint density at radius 2 is 1.62 bits per heavy atom. The molecule has 0 saturated heterocycles. The van der Waals surface area contributed by atoms with Gasteiger partial charge in [0.1, 0.15) is 0 Å². The normalized spacial score (nSPS) is 12.4. The number of aliphatic hydroxyl groups excluding tert-OH is 1. The second kappa shape index (κ2) is 4.81. The Morgan fingerprint density at radius 1 is 1.00 bits per heavy atom. The lowest BCUT2D eigenvalue weighted by Gasteiger charge is -2.11. The van der Waals surface area contributed by atoms with Crippen LogP contribution in [-0.2, 0) is 0 Å². The Balaban J connectivity index is 2.51. The lowest BCUT2D eigenvalue weighted by Crippen LogP contribution is -1.94. The fourth-order valence-corrected chi connectivity index (χ4v) is 2.02. The largest absolute Gasteiger partial charge is 0.389 e. The number of halogens is 1. The lowest BCUT2D eigenvalue weighted by atomic mass is 9.97. The molecule has 0 heterocycles. The molecule has 1 N–H and O–H groups in total. The molecular formula is C14H13BrO. The maximum absolute atomic E-state index is 9.71. The third-order valence-electron chi connectivity index (χ3n) is 2.57. The van der Waals surface area contributed by atoms with E-state index in [4.69, 9.17) is 0 Å². The van der Waals surface area contributed by atoms with E-state index in [2.05, 4.69) is 15.9 Å². The van der Waals surface area contributed by atoms with Crippen LogP contribution in [0.15, 0.2) is 53.0 Å². The fourth-order valence-electron chi connectivity index (χ4n) is 1.75. The average molecular weight is 277 g/mol. The van der Waals surface area contributed by atoms with Crippen LogP contribution in [0.25, 0.3) is 11.1 Å². The highest BCUT2D eigenvalue weighted by Gasteiger charge is 2.08. The van der Waals surface area contributed by atoms with Gasteiger partial charge in [0.05, 0.1) is 6.10 Å². The van der Waals surface area contributed by atoms with Crippen molar-refractivity contribution < 1.29 is 5.11 Å². The quantitative estimate of drug-likeness (QED) is 0.873. The summed E-state index contributed by atoms with van der Waals surface area (Å²) in [7, 11) is 0. The first-order chi connectivity index (χ1) is 7.68.